The summed E-state index contributed by atoms with van der Waals surface area (Å²) in [5, 5.41) is 12.3. The van der Waals surface area contributed by atoms with Crippen LogP contribution in [0.15, 0.2) is 36.5 Å². The molecule has 1 atom stereocenters. The van der Waals surface area contributed by atoms with Crippen LogP contribution in [-0.4, -0.2) is 37.5 Å². The summed E-state index contributed by atoms with van der Waals surface area (Å²) in [5.41, 5.74) is 2.61. The van der Waals surface area contributed by atoms with E-state index >= 15 is 0 Å². The van der Waals surface area contributed by atoms with Gasteiger partial charge in [-0.15, -0.1) is 0 Å². The Morgan fingerprint density at radius 3 is 2.48 bits per heavy atom. The largest absolute Gasteiger partial charge is 0.337 e. The average molecular weight is 334 g/mol. The first kappa shape index (κ1) is 17.2. The molecule has 2 aromatic rings. The number of aromatic nitrogens is 2. The fourth-order valence-electron chi connectivity index (χ4n) is 1.89. The Hall–Kier alpha value is -2.15. The van der Waals surface area contributed by atoms with Crippen molar-refractivity contribution in [3.05, 3.63) is 36.5 Å². The topological polar surface area (TPSA) is 86.9 Å². The van der Waals surface area contributed by atoms with Crippen molar-refractivity contribution in [2.45, 2.75) is 25.5 Å². The Labute approximate surface area is 138 Å². The molecule has 1 aromatic carbocycles. The van der Waals surface area contributed by atoms with Crippen LogP contribution < -0.4 is 10.6 Å². The van der Waals surface area contributed by atoms with Gasteiger partial charge in [-0.25, -0.2) is 4.79 Å². The molecule has 0 aliphatic carbocycles. The highest BCUT2D eigenvalue weighted by atomic mass is 32.2. The van der Waals surface area contributed by atoms with Crippen LogP contribution in [0.2, 0.25) is 0 Å². The first-order valence-corrected chi connectivity index (χ1v) is 8.71. The molecule has 3 N–H and O–H groups in total. The van der Waals surface area contributed by atoms with Crippen molar-refractivity contribution in [2.75, 3.05) is 17.6 Å². The zero-order valence-electron chi connectivity index (χ0n) is 13.6. The van der Waals surface area contributed by atoms with Crippen LogP contribution in [0.3, 0.4) is 0 Å². The molecule has 124 valence electrons. The standard InChI is InChI=1S/C16H22N4O2S/c1-16(2,3)23(22)11-10-17-15(21)19-13-6-4-12(5-7-13)14-8-9-18-20-14/h4-9H,10-11H2,1-3H3,(H,18,20)(H2,17,19,21)/t23-/m1/s1. The summed E-state index contributed by atoms with van der Waals surface area (Å²) in [6.45, 7) is 6.14. The molecule has 2 amide bonds. The van der Waals surface area contributed by atoms with Gasteiger partial charge in [0.1, 0.15) is 0 Å². The molecule has 23 heavy (non-hydrogen) atoms. The second kappa shape index (κ2) is 7.41. The number of urea groups is 1. The highest BCUT2D eigenvalue weighted by molar-refractivity contribution is 7.86. The van der Waals surface area contributed by atoms with E-state index in [0.29, 0.717) is 18.0 Å². The lowest BCUT2D eigenvalue weighted by atomic mass is 10.1. The van der Waals surface area contributed by atoms with E-state index in [0.717, 1.165) is 11.3 Å². The molecule has 0 fully saturated rings. The third-order valence-electron chi connectivity index (χ3n) is 3.21. The predicted molar refractivity (Wildman–Crippen MR) is 93.8 cm³/mol. The van der Waals surface area contributed by atoms with Crippen molar-refractivity contribution < 1.29 is 9.00 Å². The average Bonchev–Trinajstić information content (AvgIpc) is 3.01. The lowest BCUT2D eigenvalue weighted by Crippen LogP contribution is -2.35. The number of anilines is 1. The van der Waals surface area contributed by atoms with E-state index in [1.165, 1.54) is 0 Å². The van der Waals surface area contributed by atoms with Gasteiger partial charge in [0, 0.05) is 39.7 Å². The van der Waals surface area contributed by atoms with E-state index in [1.807, 2.05) is 51.1 Å². The molecular formula is C16H22N4O2S. The smallest absolute Gasteiger partial charge is 0.319 e. The molecule has 1 heterocycles. The third kappa shape index (κ3) is 5.21. The maximum atomic E-state index is 11.9. The molecule has 7 heteroatoms. The maximum Gasteiger partial charge on any atom is 0.319 e. The van der Waals surface area contributed by atoms with E-state index in [1.54, 1.807) is 6.20 Å². The Bertz CT molecular complexity index is 660. The first-order chi connectivity index (χ1) is 10.9. The molecule has 0 bridgehead atoms. The van der Waals surface area contributed by atoms with Gasteiger partial charge in [0.25, 0.3) is 0 Å². The lowest BCUT2D eigenvalue weighted by molar-refractivity contribution is 0.252. The van der Waals surface area contributed by atoms with Crippen LogP contribution in [0.5, 0.6) is 0 Å². The summed E-state index contributed by atoms with van der Waals surface area (Å²) in [7, 11) is -0.972. The van der Waals surface area contributed by atoms with Crippen molar-refractivity contribution in [2.24, 2.45) is 0 Å². The number of carbonyl (C=O) groups excluding carboxylic acids is 1. The van der Waals surface area contributed by atoms with Crippen molar-refractivity contribution in [1.29, 1.82) is 0 Å². The highest BCUT2D eigenvalue weighted by Gasteiger charge is 2.18. The van der Waals surface area contributed by atoms with Crippen molar-refractivity contribution in [3.8, 4) is 11.3 Å². The van der Waals surface area contributed by atoms with Crippen LogP contribution in [0, 0.1) is 0 Å². The first-order valence-electron chi connectivity index (χ1n) is 7.39. The number of aromatic amines is 1. The van der Waals surface area contributed by atoms with Gasteiger partial charge in [-0.1, -0.05) is 12.1 Å². The second-order valence-electron chi connectivity index (χ2n) is 6.09. The van der Waals surface area contributed by atoms with Crippen molar-refractivity contribution >= 4 is 22.5 Å². The van der Waals surface area contributed by atoms with Gasteiger partial charge >= 0.3 is 6.03 Å². The number of nitrogens with zero attached hydrogens (tertiary/aromatic N) is 1. The summed E-state index contributed by atoms with van der Waals surface area (Å²) in [4.78, 5) is 11.8. The molecule has 2 rings (SSSR count). The van der Waals surface area contributed by atoms with Gasteiger partial charge in [-0.2, -0.15) is 5.10 Å². The Balaban J connectivity index is 1.80. The third-order valence-corrected chi connectivity index (χ3v) is 5.15. The summed E-state index contributed by atoms with van der Waals surface area (Å²) in [6, 6.07) is 9.02. The highest BCUT2D eigenvalue weighted by Crippen LogP contribution is 2.18. The molecule has 0 saturated carbocycles. The zero-order chi connectivity index (χ0) is 16.9. The van der Waals surface area contributed by atoms with Gasteiger partial charge in [0.15, 0.2) is 0 Å². The van der Waals surface area contributed by atoms with Gasteiger partial charge < -0.3 is 10.6 Å². The van der Waals surface area contributed by atoms with Crippen LogP contribution in [0.1, 0.15) is 20.8 Å². The minimum Gasteiger partial charge on any atom is -0.337 e. The van der Waals surface area contributed by atoms with Crippen LogP contribution in [-0.2, 0) is 10.8 Å². The van der Waals surface area contributed by atoms with Crippen molar-refractivity contribution in [1.82, 2.24) is 15.5 Å². The molecule has 1 aromatic heterocycles. The van der Waals surface area contributed by atoms with Crippen LogP contribution in [0.4, 0.5) is 10.5 Å². The lowest BCUT2D eigenvalue weighted by Gasteiger charge is -2.17. The fraction of sp³-hybridized carbons (Fsp3) is 0.375. The molecule has 0 saturated heterocycles. The fourth-order valence-corrected chi connectivity index (χ4v) is 2.79. The van der Waals surface area contributed by atoms with E-state index in [9.17, 15) is 9.00 Å². The van der Waals surface area contributed by atoms with E-state index in [4.69, 9.17) is 0 Å². The van der Waals surface area contributed by atoms with Crippen molar-refractivity contribution in [3.63, 3.8) is 0 Å². The number of hydrogen-bond donors (Lipinski definition) is 3. The molecule has 0 radical (unpaired) electrons. The second-order valence-corrected chi connectivity index (χ2v) is 8.41. The molecule has 0 aliphatic rings. The summed E-state index contributed by atoms with van der Waals surface area (Å²) < 4.78 is 11.6. The van der Waals surface area contributed by atoms with Gasteiger partial charge in [0.05, 0.1) is 5.69 Å². The number of nitrogens with one attached hydrogen (secondary N) is 3. The quantitative estimate of drug-likeness (QED) is 0.786. The molecule has 0 spiro atoms. The minimum absolute atomic E-state index is 0.263. The van der Waals surface area contributed by atoms with Crippen LogP contribution in [0.25, 0.3) is 11.3 Å². The molecule has 6 nitrogen and oxygen atoms in total. The number of benzene rings is 1. The Morgan fingerprint density at radius 1 is 1.22 bits per heavy atom. The van der Waals surface area contributed by atoms with E-state index in [-0.39, 0.29) is 10.8 Å². The normalized spacial score (nSPS) is 12.7. The molecule has 0 aliphatic heterocycles. The zero-order valence-corrected chi connectivity index (χ0v) is 14.4. The summed E-state index contributed by atoms with van der Waals surface area (Å²) in [5.74, 6) is 0.440. The number of carbonyl (C=O) groups is 1. The maximum absolute atomic E-state index is 11.9. The Kier molecular flexibility index (Phi) is 5.54. The summed E-state index contributed by atoms with van der Waals surface area (Å²) >= 11 is 0. The van der Waals surface area contributed by atoms with Gasteiger partial charge in [-0.05, 0) is 44.5 Å². The number of rotatable bonds is 5. The van der Waals surface area contributed by atoms with Crippen LogP contribution >= 0.6 is 0 Å². The van der Waals surface area contributed by atoms with Gasteiger partial charge in [0.2, 0.25) is 0 Å². The van der Waals surface area contributed by atoms with E-state index < -0.39 is 10.8 Å². The number of amides is 2. The number of H-pyrrole nitrogens is 1. The molecular weight excluding hydrogens is 312 g/mol. The minimum atomic E-state index is -0.972. The number of hydrogen-bond acceptors (Lipinski definition) is 3. The molecule has 0 unspecified atom stereocenters. The monoisotopic (exact) mass is 334 g/mol. The van der Waals surface area contributed by atoms with Gasteiger partial charge in [-0.3, -0.25) is 9.31 Å². The van der Waals surface area contributed by atoms with E-state index in [2.05, 4.69) is 20.8 Å². The summed E-state index contributed by atoms with van der Waals surface area (Å²) in [6.07, 6.45) is 1.69. The Morgan fingerprint density at radius 2 is 1.91 bits per heavy atom. The SMILES string of the molecule is CC(C)(C)[S@](=O)CCNC(=O)Nc1ccc(-c2ccn[nH]2)cc1. The predicted octanol–water partition coefficient (Wildman–Crippen LogP) is 2.75.